The molecule has 0 spiro atoms. The van der Waals surface area contributed by atoms with Crippen LogP contribution in [-0.4, -0.2) is 19.5 Å². The van der Waals surface area contributed by atoms with Crippen LogP contribution in [0.4, 0.5) is 0 Å². The summed E-state index contributed by atoms with van der Waals surface area (Å²) >= 11 is 1.85. The van der Waals surface area contributed by atoms with Gasteiger partial charge in [0.2, 0.25) is 5.95 Å². The first kappa shape index (κ1) is 28.8. The van der Waals surface area contributed by atoms with Gasteiger partial charge in [-0.3, -0.25) is 4.57 Å². The predicted molar refractivity (Wildman–Crippen MR) is 220 cm³/mol. The molecule has 4 heterocycles. The number of nitrogens with zero attached hydrogens (tertiary/aromatic N) is 4. The number of hydrogen-bond acceptors (Lipinski definition) is 5. The number of rotatable bonds is 3. The molecular formula is C47H26N4OS. The minimum atomic E-state index is 0.556. The molecule has 0 amide bonds. The van der Waals surface area contributed by atoms with Crippen molar-refractivity contribution < 1.29 is 4.42 Å². The molecular weight excluding hydrogens is 669 g/mol. The van der Waals surface area contributed by atoms with Gasteiger partial charge in [-0.25, -0.2) is 4.98 Å². The molecule has 12 aromatic rings. The maximum atomic E-state index is 6.56. The Morgan fingerprint density at radius 2 is 1.08 bits per heavy atom. The summed E-state index contributed by atoms with van der Waals surface area (Å²) in [4.78, 5) is 16.1. The van der Waals surface area contributed by atoms with E-state index in [0.29, 0.717) is 17.6 Å². The van der Waals surface area contributed by atoms with Crippen LogP contribution >= 0.6 is 11.3 Å². The van der Waals surface area contributed by atoms with Crippen LogP contribution in [0, 0.1) is 0 Å². The van der Waals surface area contributed by atoms with Crippen molar-refractivity contribution in [3.63, 3.8) is 0 Å². The summed E-state index contributed by atoms with van der Waals surface area (Å²) < 4.78 is 11.3. The lowest BCUT2D eigenvalue weighted by atomic mass is 10.00. The van der Waals surface area contributed by atoms with E-state index in [0.717, 1.165) is 60.3 Å². The molecule has 12 rings (SSSR count). The fourth-order valence-corrected chi connectivity index (χ4v) is 9.62. The Morgan fingerprint density at radius 1 is 0.453 bits per heavy atom. The molecule has 246 valence electrons. The normalized spacial score (nSPS) is 12.2. The molecule has 0 aliphatic heterocycles. The van der Waals surface area contributed by atoms with Gasteiger partial charge < -0.3 is 4.42 Å². The van der Waals surface area contributed by atoms with Gasteiger partial charge >= 0.3 is 0 Å². The van der Waals surface area contributed by atoms with Crippen LogP contribution in [0.1, 0.15) is 0 Å². The zero-order chi connectivity index (χ0) is 34.6. The van der Waals surface area contributed by atoms with Crippen molar-refractivity contribution in [2.75, 3.05) is 0 Å². The van der Waals surface area contributed by atoms with E-state index in [-0.39, 0.29) is 0 Å². The molecule has 6 heteroatoms. The molecule has 8 aromatic carbocycles. The van der Waals surface area contributed by atoms with E-state index < -0.39 is 0 Å². The van der Waals surface area contributed by atoms with Crippen LogP contribution in [0.2, 0.25) is 0 Å². The minimum absolute atomic E-state index is 0.556. The number of para-hydroxylation sites is 3. The number of thiophene rings is 1. The summed E-state index contributed by atoms with van der Waals surface area (Å²) in [5.74, 6) is 1.72. The molecule has 0 atom stereocenters. The van der Waals surface area contributed by atoms with Gasteiger partial charge in [-0.1, -0.05) is 133 Å². The summed E-state index contributed by atoms with van der Waals surface area (Å²) in [7, 11) is 0. The smallest absolute Gasteiger partial charge is 0.238 e. The average molecular weight is 695 g/mol. The van der Waals surface area contributed by atoms with E-state index in [1.54, 1.807) is 0 Å². The maximum Gasteiger partial charge on any atom is 0.238 e. The van der Waals surface area contributed by atoms with Gasteiger partial charge in [0.1, 0.15) is 11.2 Å². The summed E-state index contributed by atoms with van der Waals surface area (Å²) in [5.41, 5.74) is 5.50. The largest absolute Gasteiger partial charge is 0.455 e. The van der Waals surface area contributed by atoms with E-state index >= 15 is 0 Å². The second-order valence-corrected chi connectivity index (χ2v) is 14.6. The fourth-order valence-electron chi connectivity index (χ4n) is 8.38. The molecule has 0 aliphatic carbocycles. The van der Waals surface area contributed by atoms with Crippen LogP contribution in [0.25, 0.3) is 114 Å². The van der Waals surface area contributed by atoms with Gasteiger partial charge in [0.15, 0.2) is 11.6 Å². The zero-order valence-corrected chi connectivity index (χ0v) is 28.9. The highest BCUT2D eigenvalue weighted by atomic mass is 32.1. The van der Waals surface area contributed by atoms with Crippen LogP contribution in [-0.2, 0) is 0 Å². The number of fused-ring (bicyclic) bond motifs is 14. The molecule has 53 heavy (non-hydrogen) atoms. The van der Waals surface area contributed by atoms with Gasteiger partial charge in [0.25, 0.3) is 0 Å². The Bertz CT molecular complexity index is 3480. The zero-order valence-electron chi connectivity index (χ0n) is 28.1. The maximum absolute atomic E-state index is 6.56. The number of hydrogen-bond donors (Lipinski definition) is 0. The quantitative estimate of drug-likeness (QED) is 0.185. The molecule has 0 unspecified atom stereocenters. The summed E-state index contributed by atoms with van der Waals surface area (Å²) in [6.45, 7) is 0. The highest BCUT2D eigenvalue weighted by molar-refractivity contribution is 7.27. The lowest BCUT2D eigenvalue weighted by molar-refractivity contribution is 0.669. The summed E-state index contributed by atoms with van der Waals surface area (Å²) in [5, 5.41) is 11.6. The van der Waals surface area contributed by atoms with Gasteiger partial charge in [0, 0.05) is 52.7 Å². The molecule has 0 saturated heterocycles. The first-order valence-electron chi connectivity index (χ1n) is 17.7. The lowest BCUT2D eigenvalue weighted by Crippen LogP contribution is -2.07. The van der Waals surface area contributed by atoms with E-state index in [1.807, 2.05) is 29.5 Å². The second kappa shape index (κ2) is 10.8. The molecule has 0 fully saturated rings. The Kier molecular flexibility index (Phi) is 5.87. The Hall–Kier alpha value is -6.89. The average Bonchev–Trinajstić information content (AvgIpc) is 3.91. The molecule has 0 aliphatic rings. The Labute approximate surface area is 306 Å². The summed E-state index contributed by atoms with van der Waals surface area (Å²) in [6.07, 6.45) is 0. The van der Waals surface area contributed by atoms with Crippen LogP contribution in [0.5, 0.6) is 0 Å². The molecule has 5 nitrogen and oxygen atoms in total. The van der Waals surface area contributed by atoms with Gasteiger partial charge in [-0.15, -0.1) is 11.3 Å². The van der Waals surface area contributed by atoms with Crippen LogP contribution in [0.15, 0.2) is 162 Å². The SMILES string of the molecule is c1ccc2c(-c3nc(-c4cccc5c4oc4ccccc45)nc(-n4c5ccccc5c5c6ccccc6c6sc7ccccc7c6c54)n3)cccc2c1. The van der Waals surface area contributed by atoms with E-state index in [1.165, 1.54) is 36.3 Å². The van der Waals surface area contributed by atoms with E-state index in [9.17, 15) is 0 Å². The lowest BCUT2D eigenvalue weighted by Gasteiger charge is -2.13. The number of furan rings is 1. The van der Waals surface area contributed by atoms with Gasteiger partial charge in [0.05, 0.1) is 16.6 Å². The van der Waals surface area contributed by atoms with Crippen molar-refractivity contribution in [3.8, 4) is 28.7 Å². The van der Waals surface area contributed by atoms with Crippen molar-refractivity contribution >= 4 is 96.8 Å². The van der Waals surface area contributed by atoms with Gasteiger partial charge in [-0.2, -0.15) is 9.97 Å². The van der Waals surface area contributed by atoms with E-state index in [4.69, 9.17) is 19.4 Å². The number of aromatic nitrogens is 4. The third kappa shape index (κ3) is 4.04. The molecule has 0 saturated carbocycles. The molecule has 4 aromatic heterocycles. The third-order valence-electron chi connectivity index (χ3n) is 10.6. The molecule has 0 bridgehead atoms. The van der Waals surface area contributed by atoms with Crippen molar-refractivity contribution in [3.05, 3.63) is 158 Å². The fraction of sp³-hybridized carbons (Fsp3) is 0. The molecule has 0 N–H and O–H groups in total. The number of benzene rings is 8. The first-order chi connectivity index (χ1) is 26.3. The summed E-state index contributed by atoms with van der Waals surface area (Å²) in [6, 6.07) is 55.3. The highest BCUT2D eigenvalue weighted by Gasteiger charge is 2.25. The first-order valence-corrected chi connectivity index (χ1v) is 18.5. The van der Waals surface area contributed by atoms with Crippen molar-refractivity contribution in [2.24, 2.45) is 0 Å². The van der Waals surface area contributed by atoms with Crippen LogP contribution in [0.3, 0.4) is 0 Å². The van der Waals surface area contributed by atoms with Crippen molar-refractivity contribution in [2.45, 2.75) is 0 Å². The second-order valence-electron chi connectivity index (χ2n) is 13.5. The van der Waals surface area contributed by atoms with Crippen molar-refractivity contribution in [1.29, 1.82) is 0 Å². The topological polar surface area (TPSA) is 56.7 Å². The minimum Gasteiger partial charge on any atom is -0.455 e. The van der Waals surface area contributed by atoms with Gasteiger partial charge in [-0.05, 0) is 40.4 Å². The van der Waals surface area contributed by atoms with Crippen LogP contribution < -0.4 is 0 Å². The highest BCUT2D eigenvalue weighted by Crippen LogP contribution is 2.48. The van der Waals surface area contributed by atoms with E-state index in [2.05, 4.69) is 144 Å². The van der Waals surface area contributed by atoms with Crippen molar-refractivity contribution in [1.82, 2.24) is 19.5 Å². The monoisotopic (exact) mass is 694 g/mol. The third-order valence-corrected chi connectivity index (χ3v) is 11.9. The Balaban J connectivity index is 1.27. The molecule has 0 radical (unpaired) electrons. The Morgan fingerprint density at radius 3 is 1.96 bits per heavy atom. The predicted octanol–water partition coefficient (Wildman–Crippen LogP) is 12.9. The standard InChI is InChI=1S/C47H26N4OS/c1-2-15-28-27(13-1)14-11-22-33(28)45-48-46(36-23-12-21-31-29-16-6-9-25-38(29)52-43(31)36)50-47(49-45)51-37-24-8-5-19-34(37)40-30-17-3-4-18-32(30)44-41(42(40)51)35-20-7-10-26-39(35)53-44/h1-26H.